The molecule has 4 heterocycles. The van der Waals surface area contributed by atoms with Crippen LogP contribution in [0, 0.1) is 0 Å². The van der Waals surface area contributed by atoms with E-state index in [2.05, 4.69) is 17.0 Å². The van der Waals surface area contributed by atoms with Crippen molar-refractivity contribution in [3.63, 3.8) is 0 Å². The topological polar surface area (TPSA) is 82.0 Å². The Bertz CT molecular complexity index is 851. The lowest BCUT2D eigenvalue weighted by Gasteiger charge is -2.24. The molecule has 1 unspecified atom stereocenters. The highest BCUT2D eigenvalue weighted by Crippen LogP contribution is 2.32. The Morgan fingerprint density at radius 1 is 1.26 bits per heavy atom. The van der Waals surface area contributed by atoms with Gasteiger partial charge in [0.2, 0.25) is 0 Å². The van der Waals surface area contributed by atoms with Crippen molar-refractivity contribution in [2.24, 2.45) is 0 Å². The van der Waals surface area contributed by atoms with Gasteiger partial charge in [-0.25, -0.2) is 9.67 Å². The minimum Gasteiger partial charge on any atom is -0.381 e. The van der Waals surface area contributed by atoms with Crippen molar-refractivity contribution in [1.29, 1.82) is 0 Å². The number of nitrogens with one attached hydrogen (secondary N) is 1. The molecule has 4 rings (SSSR count). The molecule has 0 aromatic carbocycles. The van der Waals surface area contributed by atoms with E-state index in [-0.39, 0.29) is 22.7 Å². The SMILES string of the molecule is CCc1c(-c2nc(C3CCOCC3)c(Cl)c(=O)[nH]2)cnn1C1CCCCO1. The van der Waals surface area contributed by atoms with Crippen LogP contribution in [-0.2, 0) is 15.9 Å². The lowest BCUT2D eigenvalue weighted by molar-refractivity contribution is -0.0409. The standard InChI is InChI=1S/C19H25ClN4O3/c1-2-14-13(11-21-24(14)15-5-3-4-8-27-15)18-22-17(16(20)19(25)23-18)12-6-9-26-10-7-12/h11-12,15H,2-10H2,1H3,(H,22,23,25). The van der Waals surface area contributed by atoms with E-state index in [1.54, 1.807) is 6.20 Å². The average molecular weight is 393 g/mol. The molecule has 2 aromatic rings. The summed E-state index contributed by atoms with van der Waals surface area (Å²) in [6, 6.07) is 0. The Morgan fingerprint density at radius 2 is 2.07 bits per heavy atom. The largest absolute Gasteiger partial charge is 0.381 e. The van der Waals surface area contributed by atoms with Crippen LogP contribution in [0.15, 0.2) is 11.0 Å². The van der Waals surface area contributed by atoms with Crippen LogP contribution in [0.2, 0.25) is 5.02 Å². The molecule has 8 heteroatoms. The van der Waals surface area contributed by atoms with Crippen molar-refractivity contribution < 1.29 is 9.47 Å². The molecule has 1 atom stereocenters. The van der Waals surface area contributed by atoms with Gasteiger partial charge in [0.15, 0.2) is 0 Å². The quantitative estimate of drug-likeness (QED) is 0.861. The average Bonchev–Trinajstić information content (AvgIpc) is 3.15. The Hall–Kier alpha value is -1.70. The molecule has 2 aliphatic heterocycles. The summed E-state index contributed by atoms with van der Waals surface area (Å²) >= 11 is 6.30. The summed E-state index contributed by atoms with van der Waals surface area (Å²) in [4.78, 5) is 20.1. The van der Waals surface area contributed by atoms with Crippen LogP contribution < -0.4 is 5.56 Å². The molecule has 0 amide bonds. The molecule has 7 nitrogen and oxygen atoms in total. The highest BCUT2D eigenvalue weighted by atomic mass is 35.5. The fourth-order valence-corrected chi connectivity index (χ4v) is 4.19. The first-order valence-corrected chi connectivity index (χ1v) is 10.1. The lowest BCUT2D eigenvalue weighted by atomic mass is 9.96. The Labute approximate surface area is 163 Å². The van der Waals surface area contributed by atoms with Gasteiger partial charge < -0.3 is 14.5 Å². The summed E-state index contributed by atoms with van der Waals surface area (Å²) in [5, 5.41) is 4.74. The van der Waals surface area contributed by atoms with Crippen LogP contribution in [0.3, 0.4) is 0 Å². The van der Waals surface area contributed by atoms with E-state index in [9.17, 15) is 4.79 Å². The molecule has 2 aliphatic rings. The summed E-state index contributed by atoms with van der Waals surface area (Å²) in [5.41, 5.74) is 2.23. The Balaban J connectivity index is 1.73. The maximum absolute atomic E-state index is 12.5. The molecule has 0 spiro atoms. The fraction of sp³-hybridized carbons (Fsp3) is 0.632. The number of H-pyrrole nitrogens is 1. The molecule has 2 fully saturated rings. The number of aromatic nitrogens is 4. The van der Waals surface area contributed by atoms with Crippen LogP contribution in [-0.4, -0.2) is 39.6 Å². The summed E-state index contributed by atoms with van der Waals surface area (Å²) < 4.78 is 13.3. The van der Waals surface area contributed by atoms with Crippen LogP contribution in [0.5, 0.6) is 0 Å². The van der Waals surface area contributed by atoms with Gasteiger partial charge >= 0.3 is 0 Å². The zero-order chi connectivity index (χ0) is 18.8. The maximum atomic E-state index is 12.5. The number of aromatic amines is 1. The second kappa shape index (κ2) is 8.12. The van der Waals surface area contributed by atoms with E-state index >= 15 is 0 Å². The van der Waals surface area contributed by atoms with E-state index in [0.29, 0.717) is 24.7 Å². The van der Waals surface area contributed by atoms with Gasteiger partial charge in [-0.15, -0.1) is 0 Å². The Morgan fingerprint density at radius 3 is 2.78 bits per heavy atom. The van der Waals surface area contributed by atoms with E-state index in [4.69, 9.17) is 26.1 Å². The highest BCUT2D eigenvalue weighted by molar-refractivity contribution is 6.31. The van der Waals surface area contributed by atoms with E-state index in [1.807, 2.05) is 4.68 Å². The molecule has 2 aromatic heterocycles. The number of nitrogens with zero attached hydrogens (tertiary/aromatic N) is 3. The first-order valence-electron chi connectivity index (χ1n) is 9.74. The van der Waals surface area contributed by atoms with Crippen LogP contribution in [0.25, 0.3) is 11.4 Å². The Kier molecular flexibility index (Phi) is 5.61. The number of hydrogen-bond acceptors (Lipinski definition) is 5. The van der Waals surface area contributed by atoms with Crippen molar-refractivity contribution >= 4 is 11.6 Å². The van der Waals surface area contributed by atoms with Gasteiger partial charge in [0.05, 0.1) is 23.1 Å². The lowest BCUT2D eigenvalue weighted by Crippen LogP contribution is -2.22. The predicted octanol–water partition coefficient (Wildman–Crippen LogP) is 3.44. The first-order chi connectivity index (χ1) is 13.2. The minimum absolute atomic E-state index is 0.0450. The molecule has 0 saturated carbocycles. The van der Waals surface area contributed by atoms with Gasteiger partial charge in [0.1, 0.15) is 17.1 Å². The van der Waals surface area contributed by atoms with Crippen molar-refractivity contribution in [2.75, 3.05) is 19.8 Å². The predicted molar refractivity (Wildman–Crippen MR) is 102 cm³/mol. The molecule has 1 N–H and O–H groups in total. The zero-order valence-electron chi connectivity index (χ0n) is 15.5. The van der Waals surface area contributed by atoms with Gasteiger partial charge in [0, 0.05) is 25.7 Å². The molecular formula is C19H25ClN4O3. The van der Waals surface area contributed by atoms with Crippen molar-refractivity contribution in [3.05, 3.63) is 33.0 Å². The molecule has 0 aliphatic carbocycles. The minimum atomic E-state index is -0.299. The van der Waals surface area contributed by atoms with E-state index in [1.165, 1.54) is 0 Å². The monoisotopic (exact) mass is 392 g/mol. The number of hydrogen-bond donors (Lipinski definition) is 1. The summed E-state index contributed by atoms with van der Waals surface area (Å²) in [5.74, 6) is 0.680. The van der Waals surface area contributed by atoms with Gasteiger partial charge in [-0.2, -0.15) is 5.10 Å². The molecule has 0 bridgehead atoms. The third-order valence-electron chi connectivity index (χ3n) is 5.41. The smallest absolute Gasteiger partial charge is 0.270 e. The van der Waals surface area contributed by atoms with Crippen molar-refractivity contribution in [2.45, 2.75) is 57.6 Å². The zero-order valence-corrected chi connectivity index (χ0v) is 16.3. The second-order valence-corrected chi connectivity index (χ2v) is 7.50. The third kappa shape index (κ3) is 3.68. The van der Waals surface area contributed by atoms with Crippen LogP contribution >= 0.6 is 11.6 Å². The van der Waals surface area contributed by atoms with Crippen molar-refractivity contribution in [1.82, 2.24) is 19.7 Å². The van der Waals surface area contributed by atoms with Gasteiger partial charge in [-0.3, -0.25) is 4.79 Å². The molecule has 27 heavy (non-hydrogen) atoms. The first kappa shape index (κ1) is 18.7. The van der Waals surface area contributed by atoms with Crippen LogP contribution in [0.1, 0.15) is 62.6 Å². The van der Waals surface area contributed by atoms with E-state index in [0.717, 1.165) is 56.4 Å². The molecule has 2 saturated heterocycles. The van der Waals surface area contributed by atoms with Gasteiger partial charge in [-0.1, -0.05) is 18.5 Å². The summed E-state index contributed by atoms with van der Waals surface area (Å²) in [7, 11) is 0. The number of halogens is 1. The fourth-order valence-electron chi connectivity index (χ4n) is 3.95. The maximum Gasteiger partial charge on any atom is 0.270 e. The molecular weight excluding hydrogens is 368 g/mol. The second-order valence-electron chi connectivity index (χ2n) is 7.12. The summed E-state index contributed by atoms with van der Waals surface area (Å²) in [6.07, 6.45) is 7.32. The van der Waals surface area contributed by atoms with Gasteiger partial charge in [-0.05, 0) is 38.5 Å². The molecule has 146 valence electrons. The number of ether oxygens (including phenoxy) is 2. The van der Waals surface area contributed by atoms with Crippen LogP contribution in [0.4, 0.5) is 0 Å². The molecule has 0 radical (unpaired) electrons. The third-order valence-corrected chi connectivity index (χ3v) is 5.78. The summed E-state index contributed by atoms with van der Waals surface area (Å²) in [6.45, 7) is 4.17. The highest BCUT2D eigenvalue weighted by Gasteiger charge is 2.25. The van der Waals surface area contributed by atoms with Gasteiger partial charge in [0.25, 0.3) is 5.56 Å². The normalized spacial score (nSPS) is 21.5. The van der Waals surface area contributed by atoms with E-state index < -0.39 is 0 Å². The van der Waals surface area contributed by atoms with Crippen molar-refractivity contribution in [3.8, 4) is 11.4 Å². The number of rotatable bonds is 4.